The van der Waals surface area contributed by atoms with Crippen molar-refractivity contribution in [1.82, 2.24) is 0 Å². The number of carbonyl (C=O) groups is 1. The number of ether oxygens (including phenoxy) is 5. The monoisotopic (exact) mass is 418 g/mol. The lowest BCUT2D eigenvalue weighted by atomic mass is 10.1. The number of carbonyl (C=O) groups excluding carboxylic acids is 1. The maximum Gasteiger partial charge on any atom is 0.231 e. The summed E-state index contributed by atoms with van der Waals surface area (Å²) in [6.07, 6.45) is 1.65. The van der Waals surface area contributed by atoms with Gasteiger partial charge in [0.1, 0.15) is 18.1 Å². The summed E-state index contributed by atoms with van der Waals surface area (Å²) in [5, 5.41) is 0. The van der Waals surface area contributed by atoms with Gasteiger partial charge in [-0.2, -0.15) is 0 Å². The molecule has 0 aliphatic carbocycles. The van der Waals surface area contributed by atoms with Gasteiger partial charge in [0.15, 0.2) is 17.3 Å². The highest BCUT2D eigenvalue weighted by Crippen LogP contribution is 2.40. The number of rotatable bonds is 7. The normalized spacial score (nSPS) is 13.5. The van der Waals surface area contributed by atoms with Gasteiger partial charge in [-0.25, -0.2) is 0 Å². The molecule has 4 rings (SSSR count). The van der Waals surface area contributed by atoms with Crippen LogP contribution in [-0.4, -0.2) is 27.1 Å². The Labute approximate surface area is 180 Å². The minimum absolute atomic E-state index is 0.196. The smallest absolute Gasteiger partial charge is 0.231 e. The highest BCUT2D eigenvalue weighted by atomic mass is 16.5. The molecule has 6 nitrogen and oxygen atoms in total. The van der Waals surface area contributed by atoms with E-state index in [9.17, 15) is 4.79 Å². The zero-order valence-corrected chi connectivity index (χ0v) is 17.5. The Balaban J connectivity index is 1.57. The van der Waals surface area contributed by atoms with Gasteiger partial charge < -0.3 is 23.7 Å². The number of hydrogen-bond acceptors (Lipinski definition) is 6. The van der Waals surface area contributed by atoms with E-state index in [0.29, 0.717) is 46.5 Å². The molecule has 0 fully saturated rings. The lowest BCUT2D eigenvalue weighted by Crippen LogP contribution is -1.99. The molecule has 1 aliphatic heterocycles. The molecule has 0 spiro atoms. The molecular weight excluding hydrogens is 396 g/mol. The predicted octanol–water partition coefficient (Wildman–Crippen LogP) is 4.91. The fourth-order valence-corrected chi connectivity index (χ4v) is 3.33. The molecule has 0 aromatic heterocycles. The van der Waals surface area contributed by atoms with Crippen molar-refractivity contribution in [2.45, 2.75) is 6.61 Å². The number of hydrogen-bond donors (Lipinski definition) is 0. The summed E-state index contributed by atoms with van der Waals surface area (Å²) in [5.74, 6) is 2.58. The summed E-state index contributed by atoms with van der Waals surface area (Å²) in [6.45, 7) is 0.432. The molecule has 31 heavy (non-hydrogen) atoms. The van der Waals surface area contributed by atoms with E-state index in [4.69, 9.17) is 23.7 Å². The van der Waals surface area contributed by atoms with Crippen molar-refractivity contribution in [3.8, 4) is 28.7 Å². The van der Waals surface area contributed by atoms with Crippen LogP contribution in [0, 0.1) is 0 Å². The van der Waals surface area contributed by atoms with E-state index in [0.717, 1.165) is 5.56 Å². The lowest BCUT2D eigenvalue weighted by molar-refractivity contribution is 0.101. The molecule has 0 atom stereocenters. The van der Waals surface area contributed by atoms with Crippen LogP contribution in [0.15, 0.2) is 66.4 Å². The molecule has 0 unspecified atom stereocenters. The summed E-state index contributed by atoms with van der Waals surface area (Å²) in [7, 11) is 4.62. The summed E-state index contributed by atoms with van der Waals surface area (Å²) >= 11 is 0. The number of methoxy groups -OCH3 is 3. The van der Waals surface area contributed by atoms with Gasteiger partial charge in [0.05, 0.1) is 26.9 Å². The van der Waals surface area contributed by atoms with Crippen molar-refractivity contribution >= 4 is 11.9 Å². The SMILES string of the molecule is COc1cc(/C=C2\Oc3cc(OCc4ccccc4)ccc3C2=O)cc(OC)c1OC. The topological polar surface area (TPSA) is 63.2 Å². The summed E-state index contributed by atoms with van der Waals surface area (Å²) in [5.41, 5.74) is 2.24. The fraction of sp³-hybridized carbons (Fsp3) is 0.160. The first-order valence-corrected chi connectivity index (χ1v) is 9.68. The number of benzene rings is 3. The molecule has 1 heterocycles. The fourth-order valence-electron chi connectivity index (χ4n) is 3.33. The van der Waals surface area contributed by atoms with Gasteiger partial charge in [0.2, 0.25) is 11.5 Å². The second-order valence-corrected chi connectivity index (χ2v) is 6.83. The summed E-state index contributed by atoms with van der Waals surface area (Å²) in [6, 6.07) is 18.6. The molecule has 3 aromatic carbocycles. The van der Waals surface area contributed by atoms with E-state index in [1.807, 2.05) is 30.3 Å². The Morgan fingerprint density at radius 1 is 0.871 bits per heavy atom. The van der Waals surface area contributed by atoms with E-state index in [1.165, 1.54) is 21.3 Å². The van der Waals surface area contributed by atoms with E-state index in [1.54, 1.807) is 36.4 Å². The Kier molecular flexibility index (Phi) is 5.80. The van der Waals surface area contributed by atoms with Gasteiger partial charge in [-0.3, -0.25) is 4.79 Å². The standard InChI is InChI=1S/C25H22O6/c1-27-22-12-17(13-23(28-2)25(22)29-3)11-21-24(26)19-10-9-18(14-20(19)31-21)30-15-16-7-5-4-6-8-16/h4-14H,15H2,1-3H3/b21-11-. The maximum atomic E-state index is 12.8. The van der Waals surface area contributed by atoms with Crippen LogP contribution >= 0.6 is 0 Å². The van der Waals surface area contributed by atoms with Gasteiger partial charge >= 0.3 is 0 Å². The third-order valence-corrected chi connectivity index (χ3v) is 4.87. The van der Waals surface area contributed by atoms with Crippen molar-refractivity contribution in [3.63, 3.8) is 0 Å². The van der Waals surface area contributed by atoms with Crippen LogP contribution in [0.1, 0.15) is 21.5 Å². The quantitative estimate of drug-likeness (QED) is 0.508. The lowest BCUT2D eigenvalue weighted by Gasteiger charge is -2.13. The highest BCUT2D eigenvalue weighted by Gasteiger charge is 2.28. The van der Waals surface area contributed by atoms with Gasteiger partial charge in [-0.15, -0.1) is 0 Å². The average molecular weight is 418 g/mol. The third-order valence-electron chi connectivity index (χ3n) is 4.87. The van der Waals surface area contributed by atoms with Crippen molar-refractivity contribution in [1.29, 1.82) is 0 Å². The minimum atomic E-state index is -0.196. The van der Waals surface area contributed by atoms with Crippen molar-refractivity contribution < 1.29 is 28.5 Å². The second kappa shape index (κ2) is 8.83. The van der Waals surface area contributed by atoms with Crippen LogP contribution in [0.2, 0.25) is 0 Å². The largest absolute Gasteiger partial charge is 0.493 e. The molecule has 0 saturated heterocycles. The Bertz CT molecular complexity index is 1110. The van der Waals surface area contributed by atoms with E-state index < -0.39 is 0 Å². The van der Waals surface area contributed by atoms with Gasteiger partial charge in [0, 0.05) is 6.07 Å². The van der Waals surface area contributed by atoms with Crippen LogP contribution in [0.25, 0.3) is 6.08 Å². The Hall–Kier alpha value is -3.93. The van der Waals surface area contributed by atoms with Crippen molar-refractivity contribution in [2.24, 2.45) is 0 Å². The Morgan fingerprint density at radius 2 is 1.58 bits per heavy atom. The molecule has 0 radical (unpaired) electrons. The van der Waals surface area contributed by atoms with Gasteiger partial charge in [-0.1, -0.05) is 30.3 Å². The third kappa shape index (κ3) is 4.19. The van der Waals surface area contributed by atoms with Crippen LogP contribution in [-0.2, 0) is 6.61 Å². The summed E-state index contributed by atoms with van der Waals surface area (Å²) in [4.78, 5) is 12.8. The molecule has 0 bridgehead atoms. The molecule has 0 N–H and O–H groups in total. The van der Waals surface area contributed by atoms with E-state index in [2.05, 4.69) is 0 Å². The van der Waals surface area contributed by atoms with Crippen LogP contribution in [0.5, 0.6) is 28.7 Å². The number of Topliss-reactive ketones (excluding diaryl/α,β-unsaturated/α-hetero) is 1. The molecule has 158 valence electrons. The maximum absolute atomic E-state index is 12.8. The highest BCUT2D eigenvalue weighted by molar-refractivity contribution is 6.14. The second-order valence-electron chi connectivity index (χ2n) is 6.83. The summed E-state index contributed by atoms with van der Waals surface area (Å²) < 4.78 is 27.8. The van der Waals surface area contributed by atoms with Gasteiger partial charge in [-0.05, 0) is 41.5 Å². The zero-order chi connectivity index (χ0) is 21.8. The Morgan fingerprint density at radius 3 is 2.23 bits per heavy atom. The van der Waals surface area contributed by atoms with Gasteiger partial charge in [0.25, 0.3) is 0 Å². The molecular formula is C25H22O6. The van der Waals surface area contributed by atoms with Crippen LogP contribution < -0.4 is 23.7 Å². The van der Waals surface area contributed by atoms with Crippen molar-refractivity contribution in [2.75, 3.05) is 21.3 Å². The average Bonchev–Trinajstić information content (AvgIpc) is 3.12. The predicted molar refractivity (Wildman–Crippen MR) is 116 cm³/mol. The number of fused-ring (bicyclic) bond motifs is 1. The van der Waals surface area contributed by atoms with Crippen molar-refractivity contribution in [3.05, 3.63) is 83.1 Å². The number of ketones is 1. The first-order valence-electron chi connectivity index (χ1n) is 9.68. The van der Waals surface area contributed by atoms with E-state index >= 15 is 0 Å². The molecule has 3 aromatic rings. The molecule has 0 saturated carbocycles. The first kappa shape index (κ1) is 20.3. The zero-order valence-electron chi connectivity index (χ0n) is 17.5. The minimum Gasteiger partial charge on any atom is -0.493 e. The molecule has 0 amide bonds. The van der Waals surface area contributed by atoms with Crippen LogP contribution in [0.3, 0.4) is 0 Å². The molecule has 1 aliphatic rings. The first-order chi connectivity index (χ1) is 15.1. The van der Waals surface area contributed by atoms with E-state index in [-0.39, 0.29) is 11.5 Å². The molecule has 6 heteroatoms. The van der Waals surface area contributed by atoms with Crippen LogP contribution in [0.4, 0.5) is 0 Å². The number of allylic oxidation sites excluding steroid dienone is 1.